The SMILES string of the molecule is CC(C)(C)OC(=O)CC[C@@]1(C(=O)NCc2c(F)cccc2F)N=C(c2ccc(OCCCO)cc2)O[C@@H]1c1ccccc1N=[N+]=[N-]. The van der Waals surface area contributed by atoms with Gasteiger partial charge >= 0.3 is 5.97 Å². The van der Waals surface area contributed by atoms with E-state index in [-0.39, 0.29) is 36.6 Å². The van der Waals surface area contributed by atoms with Gasteiger partial charge in [0.05, 0.1) is 6.61 Å². The number of benzene rings is 3. The monoisotopic (exact) mass is 635 g/mol. The summed E-state index contributed by atoms with van der Waals surface area (Å²) in [6.45, 7) is 4.91. The van der Waals surface area contributed by atoms with Gasteiger partial charge in [0.1, 0.15) is 23.0 Å². The third kappa shape index (κ3) is 8.17. The topological polar surface area (TPSA) is 155 Å². The molecule has 0 saturated heterocycles. The Labute approximate surface area is 264 Å². The van der Waals surface area contributed by atoms with Gasteiger partial charge in [-0.1, -0.05) is 35.4 Å². The van der Waals surface area contributed by atoms with Crippen molar-refractivity contribution in [1.82, 2.24) is 5.32 Å². The van der Waals surface area contributed by atoms with Gasteiger partial charge in [-0.2, -0.15) is 0 Å². The number of aliphatic imine (C=N–C) groups is 1. The Hall–Kier alpha value is -5.00. The minimum atomic E-state index is -1.87. The summed E-state index contributed by atoms with van der Waals surface area (Å²) in [6, 6.07) is 16.5. The second-order valence-electron chi connectivity index (χ2n) is 11.5. The van der Waals surface area contributed by atoms with Crippen LogP contribution in [0.1, 0.15) is 62.8 Å². The Morgan fingerprint density at radius 3 is 2.43 bits per heavy atom. The average molecular weight is 636 g/mol. The van der Waals surface area contributed by atoms with E-state index in [0.29, 0.717) is 29.9 Å². The molecule has 1 amide bonds. The normalized spacial score (nSPS) is 17.3. The summed E-state index contributed by atoms with van der Waals surface area (Å²) in [5.74, 6) is -2.50. The number of rotatable bonds is 13. The van der Waals surface area contributed by atoms with E-state index >= 15 is 0 Å². The van der Waals surface area contributed by atoms with Crippen LogP contribution in [0.4, 0.5) is 14.5 Å². The van der Waals surface area contributed by atoms with Crippen LogP contribution in [-0.4, -0.2) is 47.2 Å². The van der Waals surface area contributed by atoms with Crippen LogP contribution in [0.5, 0.6) is 5.75 Å². The molecule has 2 atom stereocenters. The lowest BCUT2D eigenvalue weighted by atomic mass is 9.82. The van der Waals surface area contributed by atoms with Gasteiger partial charge in [-0.15, -0.1) is 0 Å². The van der Waals surface area contributed by atoms with Crippen LogP contribution in [0.3, 0.4) is 0 Å². The first kappa shape index (κ1) is 33.9. The molecule has 46 heavy (non-hydrogen) atoms. The average Bonchev–Trinajstić information content (AvgIpc) is 3.40. The molecule has 1 heterocycles. The van der Waals surface area contributed by atoms with Gasteiger partial charge < -0.3 is 24.6 Å². The smallest absolute Gasteiger partial charge is 0.306 e. The van der Waals surface area contributed by atoms with E-state index in [4.69, 9.17) is 24.3 Å². The molecule has 1 aliphatic rings. The third-order valence-corrected chi connectivity index (χ3v) is 7.02. The van der Waals surface area contributed by atoms with Gasteiger partial charge in [-0.3, -0.25) is 9.59 Å². The number of aliphatic hydroxyl groups is 1. The summed E-state index contributed by atoms with van der Waals surface area (Å²) >= 11 is 0. The molecular weight excluding hydrogens is 600 g/mol. The molecule has 242 valence electrons. The molecule has 3 aromatic carbocycles. The van der Waals surface area contributed by atoms with E-state index in [2.05, 4.69) is 15.3 Å². The molecular formula is C33H35F2N5O6. The molecule has 0 spiro atoms. The molecule has 0 saturated carbocycles. The van der Waals surface area contributed by atoms with Crippen molar-refractivity contribution >= 4 is 23.5 Å². The number of esters is 1. The number of amides is 1. The highest BCUT2D eigenvalue weighted by Gasteiger charge is 2.54. The number of nitrogens with zero attached hydrogens (tertiary/aromatic N) is 4. The number of aliphatic hydroxyl groups excluding tert-OH is 1. The highest BCUT2D eigenvalue weighted by molar-refractivity contribution is 6.01. The molecule has 0 fully saturated rings. The number of azide groups is 1. The third-order valence-electron chi connectivity index (χ3n) is 7.02. The molecule has 2 N–H and O–H groups in total. The molecule has 0 unspecified atom stereocenters. The summed E-state index contributed by atoms with van der Waals surface area (Å²) in [5.41, 5.74) is 7.16. The molecule has 0 radical (unpaired) electrons. The number of carbonyl (C=O) groups is 2. The number of carbonyl (C=O) groups excluding carboxylic acids is 2. The highest BCUT2D eigenvalue weighted by atomic mass is 19.1. The molecule has 1 aliphatic heterocycles. The van der Waals surface area contributed by atoms with E-state index in [9.17, 15) is 23.9 Å². The van der Waals surface area contributed by atoms with Crippen molar-refractivity contribution in [2.75, 3.05) is 13.2 Å². The number of hydrogen-bond acceptors (Lipinski definition) is 8. The van der Waals surface area contributed by atoms with E-state index in [1.807, 2.05) is 0 Å². The van der Waals surface area contributed by atoms with E-state index < -0.39 is 47.3 Å². The van der Waals surface area contributed by atoms with Crippen molar-refractivity contribution in [2.45, 2.75) is 63.8 Å². The van der Waals surface area contributed by atoms with Crippen LogP contribution in [0.2, 0.25) is 0 Å². The minimum Gasteiger partial charge on any atom is -0.494 e. The molecule has 0 bridgehead atoms. The van der Waals surface area contributed by atoms with Crippen LogP contribution in [0.15, 0.2) is 76.8 Å². The number of halogens is 2. The molecule has 13 heteroatoms. The number of nitrogens with one attached hydrogen (secondary N) is 1. The second kappa shape index (κ2) is 14.9. The molecule has 3 aromatic rings. The quantitative estimate of drug-likeness (QED) is 0.0732. The van der Waals surface area contributed by atoms with Gasteiger partial charge in [0.2, 0.25) is 5.90 Å². The Balaban J connectivity index is 1.80. The van der Waals surface area contributed by atoms with Crippen molar-refractivity contribution < 1.29 is 37.7 Å². The Bertz CT molecular complexity index is 1620. The summed E-state index contributed by atoms with van der Waals surface area (Å²) in [4.78, 5) is 34.8. The maximum absolute atomic E-state index is 14.5. The van der Waals surface area contributed by atoms with Crippen LogP contribution in [-0.2, 0) is 25.6 Å². The Morgan fingerprint density at radius 2 is 1.78 bits per heavy atom. The van der Waals surface area contributed by atoms with Crippen molar-refractivity contribution in [3.8, 4) is 5.75 Å². The lowest BCUT2D eigenvalue weighted by Gasteiger charge is -2.31. The lowest BCUT2D eigenvalue weighted by molar-refractivity contribution is -0.155. The zero-order chi connectivity index (χ0) is 33.3. The molecule has 0 aromatic heterocycles. The summed E-state index contributed by atoms with van der Waals surface area (Å²) in [6.07, 6.45) is -1.26. The molecule has 4 rings (SSSR count). The lowest BCUT2D eigenvalue weighted by Crippen LogP contribution is -2.48. The van der Waals surface area contributed by atoms with Crippen molar-refractivity contribution in [2.24, 2.45) is 10.1 Å². The van der Waals surface area contributed by atoms with E-state index in [1.165, 1.54) is 6.07 Å². The summed E-state index contributed by atoms with van der Waals surface area (Å²) in [5, 5.41) is 15.4. The zero-order valence-corrected chi connectivity index (χ0v) is 25.7. The zero-order valence-electron chi connectivity index (χ0n) is 25.7. The fourth-order valence-electron chi connectivity index (χ4n) is 4.90. The first-order chi connectivity index (χ1) is 22.0. The molecule has 11 nitrogen and oxygen atoms in total. The second-order valence-corrected chi connectivity index (χ2v) is 11.5. The first-order valence-corrected chi connectivity index (χ1v) is 14.6. The Morgan fingerprint density at radius 1 is 1.09 bits per heavy atom. The predicted octanol–water partition coefficient (Wildman–Crippen LogP) is 6.36. The Kier molecular flexibility index (Phi) is 10.9. The van der Waals surface area contributed by atoms with Crippen LogP contribution >= 0.6 is 0 Å². The van der Waals surface area contributed by atoms with E-state index in [0.717, 1.165) is 12.1 Å². The van der Waals surface area contributed by atoms with E-state index in [1.54, 1.807) is 69.3 Å². The van der Waals surface area contributed by atoms with Crippen LogP contribution in [0.25, 0.3) is 10.4 Å². The minimum absolute atomic E-state index is 0.0154. The van der Waals surface area contributed by atoms with Gasteiger partial charge in [-0.05, 0) is 69.1 Å². The summed E-state index contributed by atoms with van der Waals surface area (Å²) in [7, 11) is 0. The van der Waals surface area contributed by atoms with Gasteiger partial charge in [0, 0.05) is 53.3 Å². The van der Waals surface area contributed by atoms with Crippen LogP contribution in [0, 0.1) is 11.6 Å². The first-order valence-electron chi connectivity index (χ1n) is 14.6. The van der Waals surface area contributed by atoms with Crippen molar-refractivity contribution in [3.05, 3.63) is 105 Å². The van der Waals surface area contributed by atoms with Gasteiger partial charge in [-0.25, -0.2) is 13.8 Å². The number of hydrogen-bond donors (Lipinski definition) is 2. The van der Waals surface area contributed by atoms with Crippen molar-refractivity contribution in [1.29, 1.82) is 0 Å². The van der Waals surface area contributed by atoms with Crippen LogP contribution < -0.4 is 10.1 Å². The maximum atomic E-state index is 14.5. The molecule has 0 aliphatic carbocycles. The standard InChI is InChI=1S/C33H35F2N5O6/c1-32(2,3)46-28(42)16-17-33(31(43)37-20-24-25(34)9-6-10-26(24)35)29(23-8-4-5-11-27(23)39-40-36)45-30(38-33)21-12-14-22(15-13-21)44-19-7-18-41/h4-6,8-15,29,41H,7,16-20H2,1-3H3,(H,37,43)/t29-,33-/m1/s1. The van der Waals surface area contributed by atoms with Gasteiger partial charge in [0.25, 0.3) is 5.91 Å². The fraction of sp³-hybridized carbons (Fsp3) is 0.364. The fourth-order valence-corrected chi connectivity index (χ4v) is 4.90. The highest BCUT2D eigenvalue weighted by Crippen LogP contribution is 2.46. The maximum Gasteiger partial charge on any atom is 0.306 e. The van der Waals surface area contributed by atoms with Gasteiger partial charge in [0.15, 0.2) is 11.6 Å². The summed E-state index contributed by atoms with van der Waals surface area (Å²) < 4.78 is 46.5. The van der Waals surface area contributed by atoms with Crippen molar-refractivity contribution in [3.63, 3.8) is 0 Å². The number of ether oxygens (including phenoxy) is 3. The largest absolute Gasteiger partial charge is 0.494 e. The predicted molar refractivity (Wildman–Crippen MR) is 165 cm³/mol.